The van der Waals surface area contributed by atoms with Gasteiger partial charge in [-0.25, -0.2) is 8.78 Å². The highest BCUT2D eigenvalue weighted by Gasteiger charge is 2.18. The van der Waals surface area contributed by atoms with E-state index < -0.39 is 18.7 Å². The molecule has 0 aliphatic heterocycles. The number of rotatable bonds is 2. The third-order valence-corrected chi connectivity index (χ3v) is 1.72. The Labute approximate surface area is 78.6 Å². The standard InChI is InChI=1S/C8H7F2N3O/c9-8(10)7-5(1-11)6(12)4(3-14)2-13-7/h2,8,14H,3H2,(H2,12,13). The number of aliphatic hydroxyl groups excluding tert-OH is 1. The van der Waals surface area contributed by atoms with Crippen molar-refractivity contribution in [2.45, 2.75) is 13.0 Å². The first-order valence-corrected chi connectivity index (χ1v) is 3.68. The molecule has 4 nitrogen and oxygen atoms in total. The van der Waals surface area contributed by atoms with Gasteiger partial charge in [-0.15, -0.1) is 0 Å². The molecule has 0 bridgehead atoms. The summed E-state index contributed by atoms with van der Waals surface area (Å²) < 4.78 is 24.6. The van der Waals surface area contributed by atoms with Gasteiger partial charge in [0.1, 0.15) is 17.3 Å². The van der Waals surface area contributed by atoms with E-state index in [1.54, 1.807) is 6.07 Å². The number of aromatic nitrogens is 1. The van der Waals surface area contributed by atoms with Gasteiger partial charge >= 0.3 is 0 Å². The van der Waals surface area contributed by atoms with Gasteiger partial charge < -0.3 is 10.8 Å². The second-order valence-electron chi connectivity index (χ2n) is 2.53. The molecule has 6 heteroatoms. The number of anilines is 1. The van der Waals surface area contributed by atoms with Crippen LogP contribution in [0.5, 0.6) is 0 Å². The first-order chi connectivity index (χ1) is 6.61. The van der Waals surface area contributed by atoms with E-state index in [1.165, 1.54) is 0 Å². The largest absolute Gasteiger partial charge is 0.397 e. The second-order valence-corrected chi connectivity index (χ2v) is 2.53. The molecule has 0 aliphatic rings. The highest BCUT2D eigenvalue weighted by molar-refractivity contribution is 5.60. The van der Waals surface area contributed by atoms with Crippen molar-refractivity contribution in [1.29, 1.82) is 5.26 Å². The van der Waals surface area contributed by atoms with Gasteiger partial charge in [0.15, 0.2) is 0 Å². The van der Waals surface area contributed by atoms with Gasteiger partial charge in [0.05, 0.1) is 12.3 Å². The summed E-state index contributed by atoms with van der Waals surface area (Å²) in [4.78, 5) is 3.37. The van der Waals surface area contributed by atoms with E-state index in [1.807, 2.05) is 0 Å². The summed E-state index contributed by atoms with van der Waals surface area (Å²) in [6.07, 6.45) is -1.81. The zero-order chi connectivity index (χ0) is 10.7. The molecular weight excluding hydrogens is 192 g/mol. The molecule has 0 aromatic carbocycles. The molecule has 1 aromatic rings. The molecule has 0 saturated heterocycles. The van der Waals surface area contributed by atoms with Gasteiger partial charge in [-0.05, 0) is 0 Å². The van der Waals surface area contributed by atoms with Crippen LogP contribution >= 0.6 is 0 Å². The number of hydrogen-bond acceptors (Lipinski definition) is 4. The van der Waals surface area contributed by atoms with Gasteiger partial charge in [-0.3, -0.25) is 4.98 Å². The minimum Gasteiger partial charge on any atom is -0.397 e. The average molecular weight is 199 g/mol. The molecule has 1 heterocycles. The Morgan fingerprint density at radius 3 is 2.71 bits per heavy atom. The number of pyridine rings is 1. The molecule has 74 valence electrons. The van der Waals surface area contributed by atoms with Crippen molar-refractivity contribution in [3.63, 3.8) is 0 Å². The van der Waals surface area contributed by atoms with Crippen molar-refractivity contribution >= 4 is 5.69 Å². The fourth-order valence-electron chi connectivity index (χ4n) is 0.989. The summed E-state index contributed by atoms with van der Waals surface area (Å²) in [6, 6.07) is 1.54. The Morgan fingerprint density at radius 2 is 2.29 bits per heavy atom. The van der Waals surface area contributed by atoms with Gasteiger partial charge in [0.25, 0.3) is 6.43 Å². The van der Waals surface area contributed by atoms with E-state index in [-0.39, 0.29) is 16.8 Å². The Hall–Kier alpha value is -1.74. The molecule has 0 amide bonds. The number of hydrogen-bond donors (Lipinski definition) is 2. The van der Waals surface area contributed by atoms with E-state index >= 15 is 0 Å². The lowest BCUT2D eigenvalue weighted by Gasteiger charge is -2.07. The van der Waals surface area contributed by atoms with Crippen molar-refractivity contribution in [1.82, 2.24) is 4.98 Å². The fraction of sp³-hybridized carbons (Fsp3) is 0.250. The molecule has 0 atom stereocenters. The van der Waals surface area contributed by atoms with E-state index in [4.69, 9.17) is 16.1 Å². The number of nitriles is 1. The lowest BCUT2D eigenvalue weighted by atomic mass is 10.1. The quantitative estimate of drug-likeness (QED) is 0.743. The maximum atomic E-state index is 12.3. The molecule has 14 heavy (non-hydrogen) atoms. The molecule has 0 unspecified atom stereocenters. The number of aliphatic hydroxyl groups is 1. The SMILES string of the molecule is N#Cc1c(C(F)F)ncc(CO)c1N. The van der Waals surface area contributed by atoms with Crippen LogP contribution < -0.4 is 5.73 Å². The van der Waals surface area contributed by atoms with E-state index in [0.29, 0.717) is 0 Å². The zero-order valence-electron chi connectivity index (χ0n) is 7.04. The Kier molecular flexibility index (Phi) is 2.94. The molecule has 0 spiro atoms. The van der Waals surface area contributed by atoms with Crippen LogP contribution in [-0.4, -0.2) is 10.1 Å². The maximum absolute atomic E-state index is 12.3. The normalized spacial score (nSPS) is 10.2. The smallest absolute Gasteiger partial charge is 0.281 e. The van der Waals surface area contributed by atoms with E-state index in [0.717, 1.165) is 6.20 Å². The van der Waals surface area contributed by atoms with Crippen LogP contribution in [0.25, 0.3) is 0 Å². The van der Waals surface area contributed by atoms with Crippen molar-refractivity contribution in [2.75, 3.05) is 5.73 Å². The van der Waals surface area contributed by atoms with Crippen LogP contribution in [0.2, 0.25) is 0 Å². The third kappa shape index (κ3) is 1.63. The van der Waals surface area contributed by atoms with Crippen LogP contribution in [0.15, 0.2) is 6.20 Å². The molecule has 3 N–H and O–H groups in total. The van der Waals surface area contributed by atoms with Crippen LogP contribution in [0.1, 0.15) is 23.2 Å². The van der Waals surface area contributed by atoms with Crippen molar-refractivity contribution < 1.29 is 13.9 Å². The highest BCUT2D eigenvalue weighted by Crippen LogP contribution is 2.26. The monoisotopic (exact) mass is 199 g/mol. The van der Waals surface area contributed by atoms with Crippen LogP contribution in [0.3, 0.4) is 0 Å². The summed E-state index contributed by atoms with van der Waals surface area (Å²) in [7, 11) is 0. The van der Waals surface area contributed by atoms with Crippen LogP contribution in [-0.2, 0) is 6.61 Å². The molecule has 1 aromatic heterocycles. The van der Waals surface area contributed by atoms with Crippen molar-refractivity contribution in [3.8, 4) is 6.07 Å². The second kappa shape index (κ2) is 3.98. The summed E-state index contributed by atoms with van der Waals surface area (Å²) in [6.45, 7) is -0.434. The predicted octanol–water partition coefficient (Wildman–Crippen LogP) is 0.965. The summed E-state index contributed by atoms with van der Waals surface area (Å²) >= 11 is 0. The number of nitrogens with two attached hydrogens (primary N) is 1. The molecule has 0 saturated carbocycles. The minimum atomic E-state index is -2.85. The van der Waals surface area contributed by atoms with Gasteiger partial charge in [-0.1, -0.05) is 0 Å². The van der Waals surface area contributed by atoms with Gasteiger partial charge in [0, 0.05) is 11.8 Å². The molecule has 1 rings (SSSR count). The Morgan fingerprint density at radius 1 is 1.64 bits per heavy atom. The lowest BCUT2D eigenvalue weighted by molar-refractivity contribution is 0.145. The molecule has 0 aliphatic carbocycles. The molecule has 0 radical (unpaired) electrons. The number of alkyl halides is 2. The third-order valence-electron chi connectivity index (χ3n) is 1.72. The van der Waals surface area contributed by atoms with Crippen LogP contribution in [0, 0.1) is 11.3 Å². The van der Waals surface area contributed by atoms with Crippen LogP contribution in [0.4, 0.5) is 14.5 Å². The average Bonchev–Trinajstić information content (AvgIpc) is 2.17. The number of nitrogens with zero attached hydrogens (tertiary/aromatic N) is 2. The topological polar surface area (TPSA) is 82.9 Å². The lowest BCUT2D eigenvalue weighted by Crippen LogP contribution is -2.04. The zero-order valence-corrected chi connectivity index (χ0v) is 7.04. The number of halogens is 2. The highest BCUT2D eigenvalue weighted by atomic mass is 19.3. The van der Waals surface area contributed by atoms with E-state index in [9.17, 15) is 8.78 Å². The van der Waals surface area contributed by atoms with Crippen molar-refractivity contribution in [2.24, 2.45) is 0 Å². The Balaban J connectivity index is 3.38. The predicted molar refractivity (Wildman–Crippen MR) is 44.2 cm³/mol. The fourth-order valence-corrected chi connectivity index (χ4v) is 0.989. The van der Waals surface area contributed by atoms with Gasteiger partial charge in [0.2, 0.25) is 0 Å². The Bertz CT molecular complexity index is 387. The summed E-state index contributed by atoms with van der Waals surface area (Å²) in [5.41, 5.74) is 4.40. The van der Waals surface area contributed by atoms with E-state index in [2.05, 4.69) is 4.98 Å². The summed E-state index contributed by atoms with van der Waals surface area (Å²) in [5, 5.41) is 17.3. The summed E-state index contributed by atoms with van der Waals surface area (Å²) in [5.74, 6) is 0. The van der Waals surface area contributed by atoms with Crippen molar-refractivity contribution in [3.05, 3.63) is 23.0 Å². The number of nitrogen functional groups attached to an aromatic ring is 1. The maximum Gasteiger partial charge on any atom is 0.281 e. The van der Waals surface area contributed by atoms with Gasteiger partial charge in [-0.2, -0.15) is 5.26 Å². The molecule has 0 fully saturated rings. The first-order valence-electron chi connectivity index (χ1n) is 3.68. The minimum absolute atomic E-state index is 0.139. The molecular formula is C8H7F2N3O. The first kappa shape index (κ1) is 10.3.